The van der Waals surface area contributed by atoms with Crippen LogP contribution in [0.4, 0.5) is 5.69 Å². The van der Waals surface area contributed by atoms with Crippen LogP contribution >= 0.6 is 11.8 Å². The Kier molecular flexibility index (Phi) is 4.15. The number of rotatable bonds is 3. The maximum atomic E-state index is 5.40. The lowest BCUT2D eigenvalue weighted by Crippen LogP contribution is -2.06. The van der Waals surface area contributed by atoms with Gasteiger partial charge in [-0.25, -0.2) is 0 Å². The molecule has 0 bridgehead atoms. The number of ether oxygens (including phenoxy) is 1. The largest absolute Gasteiger partial charge is 0.495 e. The second-order valence-corrected chi connectivity index (χ2v) is 6.01. The maximum absolute atomic E-state index is 5.40. The van der Waals surface area contributed by atoms with Gasteiger partial charge in [-0.3, -0.25) is 4.99 Å². The first kappa shape index (κ1) is 14.0. The van der Waals surface area contributed by atoms with Gasteiger partial charge < -0.3 is 10.1 Å². The third kappa shape index (κ3) is 3.22. The minimum atomic E-state index is 0.231. The summed E-state index contributed by atoms with van der Waals surface area (Å²) in [5.41, 5.74) is 3.43. The number of nitrogens with zero attached hydrogens (tertiary/aromatic N) is 1. The Morgan fingerprint density at radius 2 is 2.00 bits per heavy atom. The lowest BCUT2D eigenvalue weighted by atomic mass is 10.1. The first-order valence-corrected chi connectivity index (χ1v) is 7.92. The lowest BCUT2D eigenvalue weighted by molar-refractivity contribution is 0.417. The summed E-state index contributed by atoms with van der Waals surface area (Å²) in [7, 11) is 1.69. The molecule has 0 aromatic heterocycles. The van der Waals surface area contributed by atoms with Crippen LogP contribution in [0.15, 0.2) is 53.5 Å². The molecule has 0 spiro atoms. The van der Waals surface area contributed by atoms with Gasteiger partial charge in [0.25, 0.3) is 0 Å². The molecule has 0 fully saturated rings. The quantitative estimate of drug-likeness (QED) is 0.919. The average molecular weight is 298 g/mol. The van der Waals surface area contributed by atoms with Crippen molar-refractivity contribution in [1.29, 1.82) is 0 Å². The number of nitrogens with one attached hydrogen (secondary N) is 1. The summed E-state index contributed by atoms with van der Waals surface area (Å²) in [6.45, 7) is 2.07. The third-order valence-electron chi connectivity index (χ3n) is 3.43. The topological polar surface area (TPSA) is 33.6 Å². The van der Waals surface area contributed by atoms with Gasteiger partial charge in [-0.2, -0.15) is 0 Å². The van der Waals surface area contributed by atoms with Crippen molar-refractivity contribution in [1.82, 2.24) is 0 Å². The number of methoxy groups -OCH3 is 1. The molecule has 108 valence electrons. The van der Waals surface area contributed by atoms with E-state index in [9.17, 15) is 0 Å². The van der Waals surface area contributed by atoms with Crippen LogP contribution in [-0.4, -0.2) is 18.0 Å². The van der Waals surface area contributed by atoms with Gasteiger partial charge in [0.05, 0.1) is 18.8 Å². The summed E-state index contributed by atoms with van der Waals surface area (Å²) in [5.74, 6) is 1.81. The van der Waals surface area contributed by atoms with E-state index in [1.165, 1.54) is 11.1 Å². The highest BCUT2D eigenvalue weighted by Gasteiger charge is 2.20. The number of anilines is 1. The van der Waals surface area contributed by atoms with E-state index in [1.807, 2.05) is 18.2 Å². The molecule has 4 heteroatoms. The SMILES string of the molecule is COc1ccc(C)cc1NC1=NC(c2ccccc2)CS1. The zero-order chi connectivity index (χ0) is 14.7. The smallest absolute Gasteiger partial charge is 0.161 e. The van der Waals surface area contributed by atoms with E-state index in [0.29, 0.717) is 0 Å². The van der Waals surface area contributed by atoms with E-state index in [1.54, 1.807) is 18.9 Å². The van der Waals surface area contributed by atoms with Gasteiger partial charge in [-0.05, 0) is 30.2 Å². The van der Waals surface area contributed by atoms with Gasteiger partial charge in [-0.1, -0.05) is 48.2 Å². The molecule has 0 radical (unpaired) electrons. The molecule has 3 nitrogen and oxygen atoms in total. The van der Waals surface area contributed by atoms with Crippen molar-refractivity contribution < 1.29 is 4.74 Å². The van der Waals surface area contributed by atoms with Gasteiger partial charge in [0, 0.05) is 5.75 Å². The second kappa shape index (κ2) is 6.22. The summed E-state index contributed by atoms with van der Waals surface area (Å²) in [4.78, 5) is 4.77. The van der Waals surface area contributed by atoms with Crippen molar-refractivity contribution >= 4 is 22.6 Å². The molecule has 0 amide bonds. The molecule has 2 aromatic carbocycles. The van der Waals surface area contributed by atoms with Gasteiger partial charge >= 0.3 is 0 Å². The highest BCUT2D eigenvalue weighted by Crippen LogP contribution is 2.33. The minimum absolute atomic E-state index is 0.231. The second-order valence-electron chi connectivity index (χ2n) is 5.00. The van der Waals surface area contributed by atoms with Crippen LogP contribution in [0.5, 0.6) is 5.75 Å². The number of amidine groups is 1. The van der Waals surface area contributed by atoms with Crippen molar-refractivity contribution in [3.05, 3.63) is 59.7 Å². The predicted octanol–water partition coefficient (Wildman–Crippen LogP) is 4.26. The van der Waals surface area contributed by atoms with E-state index >= 15 is 0 Å². The lowest BCUT2D eigenvalue weighted by Gasteiger charge is -2.11. The summed E-state index contributed by atoms with van der Waals surface area (Å²) >= 11 is 1.75. The minimum Gasteiger partial charge on any atom is -0.495 e. The molecule has 1 aliphatic rings. The zero-order valence-electron chi connectivity index (χ0n) is 12.2. The Hall–Kier alpha value is -1.94. The number of aryl methyl sites for hydroxylation is 1. The summed E-state index contributed by atoms with van der Waals surface area (Å²) in [5, 5.41) is 4.34. The summed E-state index contributed by atoms with van der Waals surface area (Å²) < 4.78 is 5.40. The Labute approximate surface area is 129 Å². The van der Waals surface area contributed by atoms with Crippen LogP contribution in [0.25, 0.3) is 0 Å². The fraction of sp³-hybridized carbons (Fsp3) is 0.235. The van der Waals surface area contributed by atoms with Gasteiger partial charge in [0.15, 0.2) is 5.17 Å². The molecule has 21 heavy (non-hydrogen) atoms. The molecule has 3 rings (SSSR count). The van der Waals surface area contributed by atoms with Gasteiger partial charge in [-0.15, -0.1) is 0 Å². The Morgan fingerprint density at radius 1 is 1.19 bits per heavy atom. The normalized spacial score (nSPS) is 17.4. The highest BCUT2D eigenvalue weighted by molar-refractivity contribution is 8.14. The molecular formula is C17H18N2OS. The standard InChI is InChI=1S/C17H18N2OS/c1-12-8-9-16(20-2)14(10-12)18-17-19-15(11-21-17)13-6-4-3-5-7-13/h3-10,15H,11H2,1-2H3,(H,18,19). The van der Waals surface area contributed by atoms with Crippen LogP contribution in [0.2, 0.25) is 0 Å². The molecule has 0 saturated carbocycles. The van der Waals surface area contributed by atoms with E-state index in [2.05, 4.69) is 42.6 Å². The van der Waals surface area contributed by atoms with E-state index in [-0.39, 0.29) is 6.04 Å². The van der Waals surface area contributed by atoms with Crippen LogP contribution in [-0.2, 0) is 0 Å². The van der Waals surface area contributed by atoms with Crippen molar-refractivity contribution in [3.63, 3.8) is 0 Å². The Bertz CT molecular complexity index is 655. The monoisotopic (exact) mass is 298 g/mol. The molecule has 1 aliphatic heterocycles. The van der Waals surface area contributed by atoms with Gasteiger partial charge in [0.2, 0.25) is 0 Å². The molecule has 0 aliphatic carbocycles. The summed E-state index contributed by atoms with van der Waals surface area (Å²) in [6.07, 6.45) is 0. The maximum Gasteiger partial charge on any atom is 0.161 e. The predicted molar refractivity (Wildman–Crippen MR) is 90.4 cm³/mol. The van der Waals surface area contributed by atoms with Gasteiger partial charge in [0.1, 0.15) is 5.75 Å². The third-order valence-corrected chi connectivity index (χ3v) is 4.40. The van der Waals surface area contributed by atoms with Crippen molar-refractivity contribution in [3.8, 4) is 5.75 Å². The molecule has 1 unspecified atom stereocenters. The fourth-order valence-corrected chi connectivity index (χ4v) is 3.29. The van der Waals surface area contributed by atoms with Crippen LogP contribution < -0.4 is 10.1 Å². The average Bonchev–Trinajstić information content (AvgIpc) is 2.97. The first-order chi connectivity index (χ1) is 10.3. The van der Waals surface area contributed by atoms with E-state index in [4.69, 9.17) is 9.73 Å². The van der Waals surface area contributed by atoms with Crippen LogP contribution in [0.1, 0.15) is 17.2 Å². The first-order valence-electron chi connectivity index (χ1n) is 6.93. The van der Waals surface area contributed by atoms with E-state index in [0.717, 1.165) is 22.4 Å². The number of hydrogen-bond donors (Lipinski definition) is 1. The molecule has 1 N–H and O–H groups in total. The Balaban J connectivity index is 1.79. The van der Waals surface area contributed by atoms with E-state index < -0.39 is 0 Å². The molecule has 2 aromatic rings. The van der Waals surface area contributed by atoms with Crippen molar-refractivity contribution in [2.75, 3.05) is 18.2 Å². The number of benzene rings is 2. The highest BCUT2D eigenvalue weighted by atomic mass is 32.2. The van der Waals surface area contributed by atoms with Crippen LogP contribution in [0.3, 0.4) is 0 Å². The Morgan fingerprint density at radius 3 is 2.76 bits per heavy atom. The summed E-state index contributed by atoms with van der Waals surface area (Å²) in [6, 6.07) is 16.7. The molecule has 1 atom stereocenters. The zero-order valence-corrected chi connectivity index (χ0v) is 13.0. The molecule has 0 saturated heterocycles. The fourth-order valence-electron chi connectivity index (χ4n) is 2.32. The van der Waals surface area contributed by atoms with Crippen molar-refractivity contribution in [2.24, 2.45) is 4.99 Å². The van der Waals surface area contributed by atoms with Crippen LogP contribution in [0, 0.1) is 6.92 Å². The number of thioether (sulfide) groups is 1. The molecular weight excluding hydrogens is 280 g/mol. The number of aliphatic imine (C=N–C) groups is 1. The number of hydrogen-bond acceptors (Lipinski definition) is 4. The van der Waals surface area contributed by atoms with Crippen molar-refractivity contribution in [2.45, 2.75) is 13.0 Å². The molecule has 1 heterocycles.